The summed E-state index contributed by atoms with van der Waals surface area (Å²) in [6.07, 6.45) is 0.441. The van der Waals surface area contributed by atoms with Gasteiger partial charge in [-0.05, 0) is 61.2 Å². The van der Waals surface area contributed by atoms with E-state index in [1.54, 1.807) is 12.1 Å². The molecule has 21 heavy (non-hydrogen) atoms. The van der Waals surface area contributed by atoms with Gasteiger partial charge in [0.15, 0.2) is 0 Å². The number of aromatic hydroxyl groups is 1. The largest absolute Gasteiger partial charge is 0.508 e. The minimum absolute atomic E-state index is 0.215. The molecule has 0 aliphatic heterocycles. The van der Waals surface area contributed by atoms with Crippen LogP contribution in [0.15, 0.2) is 42.5 Å². The van der Waals surface area contributed by atoms with Crippen LogP contribution in [0.4, 0.5) is 5.69 Å². The van der Waals surface area contributed by atoms with Gasteiger partial charge in [-0.1, -0.05) is 18.2 Å². The number of carbonyl (C=O) groups excluding carboxylic acids is 1. The zero-order valence-corrected chi connectivity index (χ0v) is 12.3. The van der Waals surface area contributed by atoms with E-state index in [9.17, 15) is 9.90 Å². The summed E-state index contributed by atoms with van der Waals surface area (Å²) in [4.78, 5) is 12.1. The molecule has 110 valence electrons. The highest BCUT2D eigenvalue weighted by atomic mass is 16.3. The minimum Gasteiger partial charge on any atom is -0.508 e. The van der Waals surface area contributed by atoms with Gasteiger partial charge < -0.3 is 16.2 Å². The third kappa shape index (κ3) is 3.83. The van der Waals surface area contributed by atoms with Crippen LogP contribution in [0.5, 0.6) is 5.75 Å². The molecule has 0 aromatic heterocycles. The number of phenolic OH excluding ortho intramolecular Hbond substituents is 1. The highest BCUT2D eigenvalue weighted by Crippen LogP contribution is 2.22. The van der Waals surface area contributed by atoms with Gasteiger partial charge in [-0.25, -0.2) is 0 Å². The van der Waals surface area contributed by atoms with Gasteiger partial charge in [0.1, 0.15) is 5.75 Å². The Labute approximate surface area is 124 Å². The number of aryl methyl sites for hydroxylation is 2. The lowest BCUT2D eigenvalue weighted by Crippen LogP contribution is -2.37. The Kier molecular flexibility index (Phi) is 4.60. The molecule has 2 aromatic carbocycles. The summed E-state index contributed by atoms with van der Waals surface area (Å²) in [5, 5.41) is 12.3. The molecule has 4 heteroatoms. The van der Waals surface area contributed by atoms with E-state index in [1.807, 2.05) is 44.2 Å². The number of nitrogens with two attached hydrogens (primary N) is 1. The van der Waals surface area contributed by atoms with E-state index in [1.165, 1.54) is 0 Å². The lowest BCUT2D eigenvalue weighted by molar-refractivity contribution is -0.117. The number of phenols is 1. The molecule has 2 aromatic rings. The molecule has 0 fully saturated rings. The molecule has 0 aliphatic rings. The minimum atomic E-state index is -0.632. The molecule has 0 bridgehead atoms. The number of para-hydroxylation sites is 1. The van der Waals surface area contributed by atoms with Crippen molar-refractivity contribution in [2.24, 2.45) is 5.73 Å². The molecule has 1 atom stereocenters. The SMILES string of the molecule is Cc1cc(O)cc(C)c1C[C@H](N)C(=O)Nc1ccccc1. The fourth-order valence-electron chi connectivity index (χ4n) is 2.36. The average Bonchev–Trinajstić information content (AvgIpc) is 2.43. The van der Waals surface area contributed by atoms with Gasteiger partial charge in [0.05, 0.1) is 6.04 Å². The van der Waals surface area contributed by atoms with Crippen molar-refractivity contribution in [3.05, 3.63) is 59.2 Å². The number of carbonyl (C=O) groups is 1. The quantitative estimate of drug-likeness (QED) is 0.807. The van der Waals surface area contributed by atoms with E-state index in [0.717, 1.165) is 22.4 Å². The van der Waals surface area contributed by atoms with Crippen LogP contribution in [-0.2, 0) is 11.2 Å². The highest BCUT2D eigenvalue weighted by Gasteiger charge is 2.17. The fraction of sp³-hybridized carbons (Fsp3) is 0.235. The van der Waals surface area contributed by atoms with Crippen molar-refractivity contribution in [1.29, 1.82) is 0 Å². The lowest BCUT2D eigenvalue weighted by atomic mass is 9.96. The second-order valence-electron chi connectivity index (χ2n) is 5.22. The number of hydrogen-bond acceptors (Lipinski definition) is 3. The third-order valence-electron chi connectivity index (χ3n) is 3.48. The van der Waals surface area contributed by atoms with Crippen molar-refractivity contribution < 1.29 is 9.90 Å². The van der Waals surface area contributed by atoms with Gasteiger partial charge in [-0.3, -0.25) is 4.79 Å². The van der Waals surface area contributed by atoms with Crippen molar-refractivity contribution >= 4 is 11.6 Å². The van der Waals surface area contributed by atoms with Gasteiger partial charge in [-0.15, -0.1) is 0 Å². The zero-order valence-electron chi connectivity index (χ0n) is 12.3. The van der Waals surface area contributed by atoms with E-state index in [4.69, 9.17) is 5.73 Å². The van der Waals surface area contributed by atoms with E-state index >= 15 is 0 Å². The van der Waals surface area contributed by atoms with Crippen LogP contribution in [-0.4, -0.2) is 17.1 Å². The molecule has 1 amide bonds. The Morgan fingerprint density at radius 1 is 1.19 bits per heavy atom. The van der Waals surface area contributed by atoms with Gasteiger partial charge in [0.25, 0.3) is 0 Å². The highest BCUT2D eigenvalue weighted by molar-refractivity contribution is 5.94. The first-order valence-corrected chi connectivity index (χ1v) is 6.88. The van der Waals surface area contributed by atoms with E-state index in [0.29, 0.717) is 6.42 Å². The van der Waals surface area contributed by atoms with Crippen LogP contribution in [0.3, 0.4) is 0 Å². The molecule has 0 spiro atoms. The van der Waals surface area contributed by atoms with Crippen LogP contribution in [0, 0.1) is 13.8 Å². The van der Waals surface area contributed by atoms with Crippen molar-refractivity contribution in [2.45, 2.75) is 26.3 Å². The topological polar surface area (TPSA) is 75.3 Å². The van der Waals surface area contributed by atoms with Crippen LogP contribution in [0.1, 0.15) is 16.7 Å². The first kappa shape index (κ1) is 15.1. The maximum atomic E-state index is 12.1. The second kappa shape index (κ2) is 6.41. The lowest BCUT2D eigenvalue weighted by Gasteiger charge is -2.16. The number of anilines is 1. The standard InChI is InChI=1S/C17H20N2O2/c1-11-8-14(20)9-12(2)15(11)10-16(18)17(21)19-13-6-4-3-5-7-13/h3-9,16,20H,10,18H2,1-2H3,(H,19,21)/t16-/m0/s1. The van der Waals surface area contributed by atoms with Gasteiger partial charge in [0.2, 0.25) is 5.91 Å². The molecule has 4 nitrogen and oxygen atoms in total. The Morgan fingerprint density at radius 2 is 1.76 bits per heavy atom. The summed E-state index contributed by atoms with van der Waals surface area (Å²) in [6.45, 7) is 3.81. The number of amides is 1. The average molecular weight is 284 g/mol. The van der Waals surface area contributed by atoms with Crippen molar-refractivity contribution in [3.63, 3.8) is 0 Å². The number of hydrogen-bond donors (Lipinski definition) is 3. The van der Waals surface area contributed by atoms with E-state index in [-0.39, 0.29) is 11.7 Å². The molecule has 0 saturated carbocycles. The molecule has 2 rings (SSSR count). The fourth-order valence-corrected chi connectivity index (χ4v) is 2.36. The van der Waals surface area contributed by atoms with Crippen molar-refractivity contribution in [3.8, 4) is 5.75 Å². The van der Waals surface area contributed by atoms with Gasteiger partial charge in [-0.2, -0.15) is 0 Å². The predicted molar refractivity (Wildman–Crippen MR) is 84.3 cm³/mol. The summed E-state index contributed by atoms with van der Waals surface area (Å²) >= 11 is 0. The number of benzene rings is 2. The summed E-state index contributed by atoms with van der Waals surface area (Å²) in [5.74, 6) is 0.0177. The van der Waals surface area contributed by atoms with Crippen LogP contribution in [0.25, 0.3) is 0 Å². The molecule has 0 radical (unpaired) electrons. The molecule has 0 unspecified atom stereocenters. The Morgan fingerprint density at radius 3 is 2.33 bits per heavy atom. The molecule has 0 saturated heterocycles. The van der Waals surface area contributed by atoms with Crippen LogP contribution < -0.4 is 11.1 Å². The first-order valence-electron chi connectivity index (χ1n) is 6.88. The summed E-state index contributed by atoms with van der Waals surface area (Å²) in [7, 11) is 0. The Balaban J connectivity index is 2.08. The predicted octanol–water partition coefficient (Wildman–Crippen LogP) is 2.52. The molecule has 0 aliphatic carbocycles. The summed E-state index contributed by atoms with van der Waals surface area (Å²) < 4.78 is 0. The van der Waals surface area contributed by atoms with Gasteiger partial charge in [0, 0.05) is 5.69 Å². The van der Waals surface area contributed by atoms with E-state index in [2.05, 4.69) is 5.32 Å². The third-order valence-corrected chi connectivity index (χ3v) is 3.48. The number of nitrogens with one attached hydrogen (secondary N) is 1. The maximum absolute atomic E-state index is 12.1. The van der Waals surface area contributed by atoms with Crippen molar-refractivity contribution in [2.75, 3.05) is 5.32 Å². The summed E-state index contributed by atoms with van der Waals surface area (Å²) in [6, 6.07) is 12.0. The van der Waals surface area contributed by atoms with E-state index < -0.39 is 6.04 Å². The van der Waals surface area contributed by atoms with Crippen LogP contribution in [0.2, 0.25) is 0 Å². The Bertz CT molecular complexity index is 615. The molecular weight excluding hydrogens is 264 g/mol. The normalized spacial score (nSPS) is 12.0. The second-order valence-corrected chi connectivity index (χ2v) is 5.22. The number of rotatable bonds is 4. The molecule has 4 N–H and O–H groups in total. The molecular formula is C17H20N2O2. The molecule has 0 heterocycles. The Hall–Kier alpha value is -2.33. The first-order chi connectivity index (χ1) is 9.97. The zero-order chi connectivity index (χ0) is 15.4. The maximum Gasteiger partial charge on any atom is 0.241 e. The monoisotopic (exact) mass is 284 g/mol. The van der Waals surface area contributed by atoms with Gasteiger partial charge >= 0.3 is 0 Å². The van der Waals surface area contributed by atoms with Crippen molar-refractivity contribution in [1.82, 2.24) is 0 Å². The summed E-state index contributed by atoms with van der Waals surface area (Å²) in [5.41, 5.74) is 9.62. The van der Waals surface area contributed by atoms with Crippen LogP contribution >= 0.6 is 0 Å². The smallest absolute Gasteiger partial charge is 0.241 e.